The maximum Gasteiger partial charge on any atom is 0.123 e. The first-order valence-corrected chi connectivity index (χ1v) is 9.38. The van der Waals surface area contributed by atoms with Crippen molar-refractivity contribution in [2.24, 2.45) is 0 Å². The summed E-state index contributed by atoms with van der Waals surface area (Å²) < 4.78 is 15.2. The number of piperidine rings is 1. The predicted octanol–water partition coefficient (Wildman–Crippen LogP) is 5.44. The Kier molecular flexibility index (Phi) is 4.31. The lowest BCUT2D eigenvalue weighted by atomic mass is 9.86. The maximum atomic E-state index is 14.0. The van der Waals surface area contributed by atoms with E-state index in [0.717, 1.165) is 37.1 Å². The Morgan fingerprint density at radius 2 is 1.54 bits per heavy atom. The van der Waals surface area contributed by atoms with Gasteiger partial charge >= 0.3 is 0 Å². The average Bonchev–Trinajstić information content (AvgIpc) is 2.72. The molecule has 24 heavy (non-hydrogen) atoms. The van der Waals surface area contributed by atoms with Crippen LogP contribution in [-0.4, -0.2) is 25.0 Å². The van der Waals surface area contributed by atoms with Gasteiger partial charge in [0.2, 0.25) is 0 Å². The van der Waals surface area contributed by atoms with Gasteiger partial charge in [-0.1, -0.05) is 29.9 Å². The molecule has 2 aromatic rings. The minimum atomic E-state index is -0.165. The van der Waals surface area contributed by atoms with Gasteiger partial charge in [0.1, 0.15) is 5.82 Å². The number of halogens is 2. The Morgan fingerprint density at radius 3 is 2.25 bits per heavy atom. The Bertz CT molecular complexity index is 799. The van der Waals surface area contributed by atoms with Gasteiger partial charge in [0, 0.05) is 16.7 Å². The summed E-state index contributed by atoms with van der Waals surface area (Å²) in [5, 5.41) is 0. The van der Waals surface area contributed by atoms with Crippen LogP contribution in [-0.2, 0) is 0 Å². The molecular weight excluding hydrogens is 412 g/mol. The largest absolute Gasteiger partial charge is 0.306 e. The van der Waals surface area contributed by atoms with Crippen molar-refractivity contribution in [3.63, 3.8) is 0 Å². The van der Waals surface area contributed by atoms with E-state index in [1.807, 2.05) is 6.07 Å². The normalized spacial score (nSPS) is 17.5. The van der Waals surface area contributed by atoms with Gasteiger partial charge in [-0.2, -0.15) is 0 Å². The number of rotatable bonds is 0. The van der Waals surface area contributed by atoms with Crippen LogP contribution in [0.2, 0.25) is 0 Å². The van der Waals surface area contributed by atoms with Crippen molar-refractivity contribution >= 4 is 40.3 Å². The Labute approximate surface area is 156 Å². The van der Waals surface area contributed by atoms with E-state index in [4.69, 9.17) is 0 Å². The zero-order chi connectivity index (χ0) is 16.7. The number of fused-ring (bicyclic) bond motifs is 2. The Hall–Kier alpha value is -1.46. The highest BCUT2D eigenvalue weighted by molar-refractivity contribution is 14.1. The van der Waals surface area contributed by atoms with Gasteiger partial charge < -0.3 is 4.90 Å². The molecule has 0 radical (unpaired) electrons. The number of benzene rings is 2. The van der Waals surface area contributed by atoms with Gasteiger partial charge in [-0.3, -0.25) is 0 Å². The van der Waals surface area contributed by atoms with E-state index in [1.165, 1.54) is 25.8 Å². The summed E-state index contributed by atoms with van der Waals surface area (Å²) in [5.41, 5.74) is 7.29. The van der Waals surface area contributed by atoms with E-state index in [0.29, 0.717) is 0 Å². The molecule has 0 aromatic heterocycles. The summed E-state index contributed by atoms with van der Waals surface area (Å²) in [7, 11) is 2.17. The van der Waals surface area contributed by atoms with Crippen molar-refractivity contribution in [3.8, 4) is 0 Å². The van der Waals surface area contributed by atoms with Crippen LogP contribution in [0.3, 0.4) is 0 Å². The molecule has 0 N–H and O–H groups in total. The molecule has 0 saturated carbocycles. The van der Waals surface area contributed by atoms with E-state index >= 15 is 0 Å². The average molecular weight is 431 g/mol. The summed E-state index contributed by atoms with van der Waals surface area (Å²) in [6.07, 6.45) is 6.37. The van der Waals surface area contributed by atoms with Crippen molar-refractivity contribution in [2.45, 2.75) is 12.8 Å². The van der Waals surface area contributed by atoms with Gasteiger partial charge in [-0.15, -0.1) is 0 Å². The molecule has 0 bridgehead atoms. The fraction of sp³-hybridized carbons (Fsp3) is 0.238. The number of hydrogen-bond acceptors (Lipinski definition) is 1. The van der Waals surface area contributed by atoms with Crippen molar-refractivity contribution in [3.05, 3.63) is 73.6 Å². The van der Waals surface area contributed by atoms with E-state index in [1.54, 1.807) is 12.1 Å². The van der Waals surface area contributed by atoms with Crippen LogP contribution in [0, 0.1) is 9.39 Å². The molecule has 122 valence electrons. The first-order valence-electron chi connectivity index (χ1n) is 8.30. The Balaban J connectivity index is 2.00. The molecule has 2 aliphatic rings. The molecule has 4 rings (SSSR count). The molecule has 1 nitrogen and oxygen atoms in total. The first kappa shape index (κ1) is 16.0. The van der Waals surface area contributed by atoms with Gasteiger partial charge in [-0.05, 0) is 94.6 Å². The number of hydrogen-bond donors (Lipinski definition) is 0. The second kappa shape index (κ2) is 6.45. The van der Waals surface area contributed by atoms with Crippen molar-refractivity contribution in [1.82, 2.24) is 4.90 Å². The molecule has 0 unspecified atom stereocenters. The Morgan fingerprint density at radius 1 is 0.917 bits per heavy atom. The third kappa shape index (κ3) is 2.95. The van der Waals surface area contributed by atoms with E-state index in [9.17, 15) is 4.39 Å². The van der Waals surface area contributed by atoms with Gasteiger partial charge in [-0.25, -0.2) is 4.39 Å². The summed E-state index contributed by atoms with van der Waals surface area (Å²) >= 11 is 2.36. The lowest BCUT2D eigenvalue weighted by molar-refractivity contribution is 0.313. The molecule has 1 fully saturated rings. The molecule has 1 saturated heterocycles. The number of likely N-dealkylation sites (tertiary alicyclic amines) is 1. The second-order valence-corrected chi connectivity index (χ2v) is 7.82. The molecule has 1 aliphatic carbocycles. The van der Waals surface area contributed by atoms with E-state index in [2.05, 4.69) is 64.9 Å². The molecule has 2 aromatic carbocycles. The quantitative estimate of drug-likeness (QED) is 0.429. The van der Waals surface area contributed by atoms with Crippen molar-refractivity contribution in [2.75, 3.05) is 20.1 Å². The standard InChI is InChI=1S/C21H19FIN/c1-24-10-8-16(9-11-24)21-19-12-17(22)6-4-14(19)2-3-15-5-7-18(23)13-20(15)21/h2-7,12-13H,8-11H2,1H3. The second-order valence-electron chi connectivity index (χ2n) is 6.58. The van der Waals surface area contributed by atoms with Gasteiger partial charge in [0.15, 0.2) is 0 Å². The topological polar surface area (TPSA) is 3.24 Å². The van der Waals surface area contributed by atoms with Crippen molar-refractivity contribution < 1.29 is 4.39 Å². The minimum Gasteiger partial charge on any atom is -0.306 e. The highest BCUT2D eigenvalue weighted by Gasteiger charge is 2.22. The van der Waals surface area contributed by atoms with Crippen LogP contribution < -0.4 is 0 Å². The van der Waals surface area contributed by atoms with Crippen LogP contribution in [0.1, 0.15) is 35.1 Å². The SMILES string of the molecule is CN1CCC(=C2c3cc(F)ccc3C=Cc3ccc(I)cc32)CC1. The molecule has 0 amide bonds. The molecule has 3 heteroatoms. The highest BCUT2D eigenvalue weighted by atomic mass is 127. The fourth-order valence-corrected chi connectivity index (χ4v) is 4.12. The van der Waals surface area contributed by atoms with Gasteiger partial charge in [0.25, 0.3) is 0 Å². The first-order chi connectivity index (χ1) is 11.6. The van der Waals surface area contributed by atoms with Crippen LogP contribution in [0.15, 0.2) is 42.0 Å². The highest BCUT2D eigenvalue weighted by Crippen LogP contribution is 2.39. The third-order valence-electron chi connectivity index (χ3n) is 4.96. The monoisotopic (exact) mass is 431 g/mol. The third-order valence-corrected chi connectivity index (χ3v) is 5.63. The molecule has 0 spiro atoms. The summed E-state index contributed by atoms with van der Waals surface area (Å²) in [5.74, 6) is -0.165. The van der Waals surface area contributed by atoms with Crippen LogP contribution >= 0.6 is 22.6 Å². The maximum absolute atomic E-state index is 14.0. The molecule has 1 heterocycles. The summed E-state index contributed by atoms with van der Waals surface area (Å²) in [6, 6.07) is 11.7. The molecular formula is C21H19FIN. The zero-order valence-corrected chi connectivity index (χ0v) is 15.8. The predicted molar refractivity (Wildman–Crippen MR) is 107 cm³/mol. The lowest BCUT2D eigenvalue weighted by Crippen LogP contribution is -2.27. The smallest absolute Gasteiger partial charge is 0.123 e. The zero-order valence-electron chi connectivity index (χ0n) is 13.7. The van der Waals surface area contributed by atoms with E-state index < -0.39 is 0 Å². The lowest BCUT2D eigenvalue weighted by Gasteiger charge is -2.27. The van der Waals surface area contributed by atoms with Crippen LogP contribution in [0.4, 0.5) is 4.39 Å². The van der Waals surface area contributed by atoms with Crippen LogP contribution in [0.25, 0.3) is 17.7 Å². The summed E-state index contributed by atoms with van der Waals surface area (Å²) in [4.78, 5) is 2.36. The van der Waals surface area contributed by atoms with Crippen molar-refractivity contribution in [1.29, 1.82) is 0 Å². The fourth-order valence-electron chi connectivity index (χ4n) is 3.62. The summed E-state index contributed by atoms with van der Waals surface area (Å²) in [6.45, 7) is 2.13. The number of nitrogens with zero attached hydrogens (tertiary/aromatic N) is 1. The molecule has 1 aliphatic heterocycles. The van der Waals surface area contributed by atoms with Gasteiger partial charge in [0.05, 0.1) is 0 Å². The molecule has 0 atom stereocenters. The minimum absolute atomic E-state index is 0.165. The van der Waals surface area contributed by atoms with Crippen LogP contribution in [0.5, 0.6) is 0 Å². The van der Waals surface area contributed by atoms with E-state index in [-0.39, 0.29) is 5.82 Å².